The van der Waals surface area contributed by atoms with Crippen molar-refractivity contribution < 1.29 is 0 Å². The maximum atomic E-state index is 9.30. The minimum atomic E-state index is -2.27. The summed E-state index contributed by atoms with van der Waals surface area (Å²) in [5.74, 6) is 0. The van der Waals surface area contributed by atoms with E-state index < -0.39 is 22.9 Å². The van der Waals surface area contributed by atoms with E-state index in [1.54, 1.807) is 24.3 Å². The largest absolute Gasteiger partial charge is 0.196 e. The summed E-state index contributed by atoms with van der Waals surface area (Å²) in [7, 11) is 0. The van der Waals surface area contributed by atoms with Gasteiger partial charge in [0.1, 0.15) is 0 Å². The van der Waals surface area contributed by atoms with Crippen molar-refractivity contribution in [1.29, 1.82) is 21.0 Å². The van der Waals surface area contributed by atoms with Gasteiger partial charge in [-0.1, -0.05) is 22.4 Å². The first kappa shape index (κ1) is 14.4. The first-order valence-electron chi connectivity index (χ1n) is 5.04. The van der Waals surface area contributed by atoms with E-state index in [2.05, 4.69) is 20.1 Å². The Balaban J connectivity index is 3.83. The second-order valence-electron chi connectivity index (χ2n) is 3.75. The minimum absolute atomic E-state index is 1.18. The fourth-order valence-corrected chi connectivity index (χ4v) is 1.99. The van der Waals surface area contributed by atoms with E-state index >= 15 is 0 Å². The summed E-state index contributed by atoms with van der Waals surface area (Å²) in [5.41, 5.74) is 12.4. The number of nitrogens with zero attached hydrogens (tertiary/aromatic N) is 10. The fourth-order valence-electron chi connectivity index (χ4n) is 1.99. The number of rotatable bonds is 2. The molecule has 0 aromatic rings. The molecule has 0 heterocycles. The zero-order valence-electron chi connectivity index (χ0n) is 9.78. The van der Waals surface area contributed by atoms with Crippen molar-refractivity contribution in [3.05, 3.63) is 33.0 Å². The van der Waals surface area contributed by atoms with Gasteiger partial charge in [0.25, 0.3) is 0 Å². The summed E-state index contributed by atoms with van der Waals surface area (Å²) < 4.78 is 0. The average Bonchev–Trinajstić information content (AvgIpc) is 2.49. The van der Waals surface area contributed by atoms with Gasteiger partial charge in [-0.05, 0) is 11.1 Å². The molecule has 0 saturated carbocycles. The van der Waals surface area contributed by atoms with E-state index in [-0.39, 0.29) is 0 Å². The molecule has 10 heteroatoms. The Morgan fingerprint density at radius 2 is 1.10 bits per heavy atom. The second-order valence-corrected chi connectivity index (χ2v) is 3.75. The monoisotopic (exact) mass is 264 g/mol. The summed E-state index contributed by atoms with van der Waals surface area (Å²) in [6.07, 6.45) is 2.36. The van der Waals surface area contributed by atoms with Gasteiger partial charge in [-0.15, -0.1) is 0 Å². The van der Waals surface area contributed by atoms with E-state index in [4.69, 9.17) is 11.1 Å². The smallest absolute Gasteiger partial charge is 0.187 e. The van der Waals surface area contributed by atoms with Gasteiger partial charge in [0.2, 0.25) is 0 Å². The van der Waals surface area contributed by atoms with Gasteiger partial charge in [0, 0.05) is 9.82 Å². The van der Waals surface area contributed by atoms with Crippen LogP contribution in [0.15, 0.2) is 22.4 Å². The summed E-state index contributed by atoms with van der Waals surface area (Å²) in [4.78, 5) is 5.01. The molecular weight excluding hydrogens is 260 g/mol. The van der Waals surface area contributed by atoms with Crippen molar-refractivity contribution in [2.75, 3.05) is 0 Å². The molecule has 10 nitrogen and oxygen atoms in total. The zero-order valence-corrected chi connectivity index (χ0v) is 9.78. The molecule has 0 amide bonds. The highest BCUT2D eigenvalue weighted by Gasteiger charge is 2.63. The Labute approximate surface area is 112 Å². The van der Waals surface area contributed by atoms with Crippen molar-refractivity contribution in [1.82, 2.24) is 0 Å². The number of nitriles is 4. The van der Waals surface area contributed by atoms with Gasteiger partial charge in [-0.2, -0.15) is 21.0 Å². The molecule has 0 bridgehead atoms. The molecule has 1 rings (SSSR count). The van der Waals surface area contributed by atoms with Crippen LogP contribution in [0.2, 0.25) is 0 Å². The number of azide groups is 2. The van der Waals surface area contributed by atoms with E-state index in [1.165, 1.54) is 12.2 Å². The predicted molar refractivity (Wildman–Crippen MR) is 62.3 cm³/mol. The van der Waals surface area contributed by atoms with Crippen LogP contribution in [0.25, 0.3) is 20.9 Å². The van der Waals surface area contributed by atoms with Crippen molar-refractivity contribution in [3.8, 4) is 24.3 Å². The molecule has 1 aliphatic rings. The Kier molecular flexibility index (Phi) is 3.82. The molecule has 20 heavy (non-hydrogen) atoms. The Morgan fingerprint density at radius 1 is 0.800 bits per heavy atom. The Bertz CT molecular complexity index is 617. The highest BCUT2D eigenvalue weighted by Crippen LogP contribution is 2.49. The fraction of sp³-hybridized carbons (Fsp3) is 0.400. The summed E-state index contributed by atoms with van der Waals surface area (Å²) >= 11 is 0. The lowest BCUT2D eigenvalue weighted by molar-refractivity contribution is 0.234. The second kappa shape index (κ2) is 5.31. The van der Waals surface area contributed by atoms with Crippen molar-refractivity contribution in [2.45, 2.75) is 12.1 Å². The average molecular weight is 264 g/mol. The topological polar surface area (TPSA) is 193 Å². The normalized spacial score (nSPS) is 24.4. The van der Waals surface area contributed by atoms with Crippen LogP contribution >= 0.6 is 0 Å². The number of hydrogen-bond acceptors (Lipinski definition) is 6. The van der Waals surface area contributed by atoms with Gasteiger partial charge < -0.3 is 0 Å². The van der Waals surface area contributed by atoms with Crippen LogP contribution in [0.5, 0.6) is 0 Å². The van der Waals surface area contributed by atoms with E-state index in [0.717, 1.165) is 0 Å². The van der Waals surface area contributed by atoms with E-state index in [1.807, 2.05) is 0 Å². The van der Waals surface area contributed by atoms with Gasteiger partial charge in [0.05, 0.1) is 36.4 Å². The quantitative estimate of drug-likeness (QED) is 0.318. The third-order valence-electron chi connectivity index (χ3n) is 3.04. The van der Waals surface area contributed by atoms with E-state index in [0.29, 0.717) is 0 Å². The number of hydrogen-bond donors (Lipinski definition) is 0. The summed E-state index contributed by atoms with van der Waals surface area (Å²) in [5, 5.41) is 43.7. The first-order chi connectivity index (χ1) is 9.62. The van der Waals surface area contributed by atoms with Crippen molar-refractivity contribution in [3.63, 3.8) is 0 Å². The molecule has 0 fully saturated rings. The van der Waals surface area contributed by atoms with Gasteiger partial charge >= 0.3 is 0 Å². The standard InChI is InChI=1S/C10H4N10/c11-3-9(4-12)7(17-19-15)1-2-8(18-20-16)10(9,5-13)6-14/h1-2,7-8H. The lowest BCUT2D eigenvalue weighted by Gasteiger charge is -2.39. The lowest BCUT2D eigenvalue weighted by atomic mass is 9.56. The van der Waals surface area contributed by atoms with Crippen molar-refractivity contribution in [2.24, 2.45) is 21.1 Å². The van der Waals surface area contributed by atoms with Gasteiger partial charge in [0.15, 0.2) is 10.8 Å². The molecule has 94 valence electrons. The van der Waals surface area contributed by atoms with Crippen LogP contribution in [0.1, 0.15) is 0 Å². The highest BCUT2D eigenvalue weighted by atomic mass is 15.2. The van der Waals surface area contributed by atoms with Crippen LogP contribution in [-0.4, -0.2) is 12.1 Å². The minimum Gasteiger partial charge on any atom is -0.196 e. The molecular formula is C10H4N10. The molecule has 0 aromatic carbocycles. The predicted octanol–water partition coefficient (Wildman–Crippen LogP) is 1.98. The maximum Gasteiger partial charge on any atom is 0.187 e. The Morgan fingerprint density at radius 3 is 1.30 bits per heavy atom. The third-order valence-corrected chi connectivity index (χ3v) is 3.04. The van der Waals surface area contributed by atoms with E-state index in [9.17, 15) is 21.0 Å². The zero-order chi connectivity index (χ0) is 15.2. The lowest BCUT2D eigenvalue weighted by Crippen LogP contribution is -2.53. The van der Waals surface area contributed by atoms with Crippen molar-refractivity contribution >= 4 is 0 Å². The Hall–Kier alpha value is -3.68. The highest BCUT2D eigenvalue weighted by molar-refractivity contribution is 5.46. The summed E-state index contributed by atoms with van der Waals surface area (Å²) in [6.45, 7) is 0. The molecule has 0 aliphatic heterocycles. The molecule has 0 aromatic heterocycles. The van der Waals surface area contributed by atoms with Gasteiger partial charge in [-0.25, -0.2) is 0 Å². The molecule has 1 aliphatic carbocycles. The molecule has 0 N–H and O–H groups in total. The molecule has 2 atom stereocenters. The summed E-state index contributed by atoms with van der Waals surface area (Å²) in [6, 6.07) is 3.63. The maximum absolute atomic E-state index is 9.30. The van der Waals surface area contributed by atoms with Crippen LogP contribution in [0.4, 0.5) is 0 Å². The van der Waals surface area contributed by atoms with Crippen LogP contribution < -0.4 is 0 Å². The molecule has 0 radical (unpaired) electrons. The molecule has 0 spiro atoms. The molecule has 2 unspecified atom stereocenters. The van der Waals surface area contributed by atoms with Crippen LogP contribution in [0.3, 0.4) is 0 Å². The molecule has 0 saturated heterocycles. The third kappa shape index (κ3) is 1.56. The van der Waals surface area contributed by atoms with Crippen LogP contribution in [0, 0.1) is 56.2 Å². The van der Waals surface area contributed by atoms with Crippen LogP contribution in [-0.2, 0) is 0 Å². The SMILES string of the molecule is N#CC1(C#N)C(N=[N+]=[N-])C=CC(N=[N+]=[N-])C1(C#N)C#N. The van der Waals surface area contributed by atoms with Gasteiger partial charge in [-0.3, -0.25) is 0 Å². The first-order valence-corrected chi connectivity index (χ1v) is 5.04.